The minimum atomic E-state index is 0.515. The third-order valence-electron chi connectivity index (χ3n) is 5.28. The quantitative estimate of drug-likeness (QED) is 0.168. The third kappa shape index (κ3) is 20.1. The minimum absolute atomic E-state index is 0.515. The molecule has 0 aliphatic rings. The second-order valence-corrected chi connectivity index (χ2v) is 7.78. The third-order valence-corrected chi connectivity index (χ3v) is 5.28. The summed E-state index contributed by atoms with van der Waals surface area (Å²) >= 11 is 0. The highest BCUT2D eigenvalue weighted by atomic mass is 15.1. The van der Waals surface area contributed by atoms with Gasteiger partial charge in [-0.3, -0.25) is 0 Å². The summed E-state index contributed by atoms with van der Waals surface area (Å²) in [5.74, 6) is 0. The highest BCUT2D eigenvalue weighted by Gasteiger charge is 2.01. The smallest absolute Gasteiger partial charge is 0.0568 e. The van der Waals surface area contributed by atoms with Gasteiger partial charge in [-0.15, -0.1) is 0 Å². The summed E-state index contributed by atoms with van der Waals surface area (Å²) in [5.41, 5.74) is 0. The minimum Gasteiger partial charge on any atom is -0.302 e. The predicted octanol–water partition coefficient (Wildman–Crippen LogP) is 7.18. The van der Waals surface area contributed by atoms with Gasteiger partial charge in [-0.1, -0.05) is 117 Å². The van der Waals surface area contributed by atoms with E-state index in [1.54, 1.807) is 0 Å². The zero-order valence-electron chi connectivity index (χ0n) is 18.0. The van der Waals surface area contributed by atoms with Crippen molar-refractivity contribution < 1.29 is 0 Å². The van der Waals surface area contributed by atoms with Crippen molar-refractivity contribution in [3.63, 3.8) is 0 Å². The van der Waals surface area contributed by atoms with E-state index in [4.69, 9.17) is 0 Å². The number of rotatable bonds is 21. The average molecular weight is 355 g/mol. The van der Waals surface area contributed by atoms with E-state index in [-0.39, 0.29) is 0 Å². The molecule has 1 unspecified atom stereocenters. The Balaban J connectivity index is 3.07. The van der Waals surface area contributed by atoms with Crippen LogP contribution in [0.4, 0.5) is 0 Å². The van der Waals surface area contributed by atoms with Gasteiger partial charge in [0, 0.05) is 0 Å². The predicted molar refractivity (Wildman–Crippen MR) is 115 cm³/mol. The highest BCUT2D eigenvalue weighted by molar-refractivity contribution is 4.61. The number of hydrogen-bond donors (Lipinski definition) is 2. The number of nitrogens with one attached hydrogen (secondary N) is 2. The molecule has 2 N–H and O–H groups in total. The number of unbranched alkanes of at least 4 members (excludes halogenated alkanes) is 15. The van der Waals surface area contributed by atoms with Gasteiger partial charge in [0.2, 0.25) is 0 Å². The van der Waals surface area contributed by atoms with Gasteiger partial charge in [0.15, 0.2) is 0 Å². The van der Waals surface area contributed by atoms with Crippen LogP contribution in [0.15, 0.2) is 0 Å². The van der Waals surface area contributed by atoms with E-state index < -0.39 is 0 Å². The summed E-state index contributed by atoms with van der Waals surface area (Å²) in [4.78, 5) is 0. The van der Waals surface area contributed by atoms with E-state index in [9.17, 15) is 0 Å². The zero-order valence-corrected chi connectivity index (χ0v) is 18.0. The Hall–Kier alpha value is -0.0800. The van der Waals surface area contributed by atoms with E-state index in [0.29, 0.717) is 6.17 Å². The molecule has 0 saturated carbocycles. The lowest BCUT2D eigenvalue weighted by atomic mass is 10.0. The summed E-state index contributed by atoms with van der Waals surface area (Å²) in [5, 5.41) is 7.08. The molecule has 0 heterocycles. The van der Waals surface area contributed by atoms with Crippen LogP contribution in [-0.4, -0.2) is 19.3 Å². The zero-order chi connectivity index (χ0) is 18.4. The van der Waals surface area contributed by atoms with E-state index in [1.807, 2.05) is 0 Å². The van der Waals surface area contributed by atoms with Crippen molar-refractivity contribution in [3.8, 4) is 0 Å². The maximum absolute atomic E-state index is 3.61. The molecule has 2 heteroatoms. The first-order valence-electron chi connectivity index (χ1n) is 11.8. The van der Waals surface area contributed by atoms with Gasteiger partial charge in [0.1, 0.15) is 0 Å². The fraction of sp³-hybridized carbons (Fsp3) is 1.00. The number of hydrogen-bond acceptors (Lipinski definition) is 2. The molecular weight excluding hydrogens is 304 g/mol. The van der Waals surface area contributed by atoms with Crippen molar-refractivity contribution in [2.75, 3.05) is 13.1 Å². The summed E-state index contributed by atoms with van der Waals surface area (Å²) in [6.07, 6.45) is 24.8. The lowest BCUT2D eigenvalue weighted by molar-refractivity contribution is 0.414. The standard InChI is InChI=1S/C23H50N2/c1-4-7-8-9-10-11-12-13-14-15-16-17-18-19-20-21-22-25-23(5-2)24-6-3/h23-25H,4-22H2,1-3H3. The first-order valence-corrected chi connectivity index (χ1v) is 11.8. The Morgan fingerprint density at radius 2 is 0.880 bits per heavy atom. The Labute approximate surface area is 160 Å². The fourth-order valence-corrected chi connectivity index (χ4v) is 3.56. The molecule has 0 aromatic carbocycles. The van der Waals surface area contributed by atoms with Crippen molar-refractivity contribution in [1.29, 1.82) is 0 Å². The maximum Gasteiger partial charge on any atom is 0.0568 e. The Bertz CT molecular complexity index is 230. The molecule has 0 saturated heterocycles. The van der Waals surface area contributed by atoms with Gasteiger partial charge in [-0.2, -0.15) is 0 Å². The van der Waals surface area contributed by atoms with Crippen LogP contribution in [0.25, 0.3) is 0 Å². The topological polar surface area (TPSA) is 24.1 Å². The van der Waals surface area contributed by atoms with Gasteiger partial charge >= 0.3 is 0 Å². The van der Waals surface area contributed by atoms with E-state index in [2.05, 4.69) is 31.4 Å². The largest absolute Gasteiger partial charge is 0.302 e. The lowest BCUT2D eigenvalue weighted by Gasteiger charge is -2.17. The Morgan fingerprint density at radius 3 is 1.24 bits per heavy atom. The fourth-order valence-electron chi connectivity index (χ4n) is 3.56. The second kappa shape index (κ2) is 22.0. The van der Waals surface area contributed by atoms with Crippen molar-refractivity contribution in [2.45, 2.75) is 136 Å². The lowest BCUT2D eigenvalue weighted by Crippen LogP contribution is -2.41. The summed E-state index contributed by atoms with van der Waals surface area (Å²) < 4.78 is 0. The molecule has 0 spiro atoms. The Morgan fingerprint density at radius 1 is 0.480 bits per heavy atom. The van der Waals surface area contributed by atoms with Gasteiger partial charge in [0.05, 0.1) is 6.17 Å². The van der Waals surface area contributed by atoms with Crippen LogP contribution in [0, 0.1) is 0 Å². The van der Waals surface area contributed by atoms with Crippen LogP contribution in [0.1, 0.15) is 130 Å². The van der Waals surface area contributed by atoms with E-state index in [1.165, 1.54) is 116 Å². The van der Waals surface area contributed by atoms with Crippen LogP contribution in [-0.2, 0) is 0 Å². The summed E-state index contributed by atoms with van der Waals surface area (Å²) in [7, 11) is 0. The maximum atomic E-state index is 3.61. The highest BCUT2D eigenvalue weighted by Crippen LogP contribution is 2.13. The molecule has 0 bridgehead atoms. The first-order chi connectivity index (χ1) is 12.3. The molecule has 0 rings (SSSR count). The SMILES string of the molecule is CCCCCCCCCCCCCCCCCCNC(CC)NCC. The van der Waals surface area contributed by atoms with Crippen LogP contribution < -0.4 is 10.6 Å². The molecule has 0 aliphatic heterocycles. The van der Waals surface area contributed by atoms with Gasteiger partial charge in [0.25, 0.3) is 0 Å². The molecule has 0 fully saturated rings. The molecule has 0 amide bonds. The van der Waals surface area contributed by atoms with Crippen molar-refractivity contribution >= 4 is 0 Å². The van der Waals surface area contributed by atoms with Crippen molar-refractivity contribution in [3.05, 3.63) is 0 Å². The second-order valence-electron chi connectivity index (χ2n) is 7.78. The first kappa shape index (κ1) is 24.9. The monoisotopic (exact) mass is 354 g/mol. The van der Waals surface area contributed by atoms with E-state index in [0.717, 1.165) is 6.54 Å². The molecule has 2 nitrogen and oxygen atoms in total. The van der Waals surface area contributed by atoms with Crippen molar-refractivity contribution in [1.82, 2.24) is 10.6 Å². The molecule has 0 aromatic heterocycles. The summed E-state index contributed by atoms with van der Waals surface area (Å²) in [6.45, 7) is 8.95. The van der Waals surface area contributed by atoms with E-state index >= 15 is 0 Å². The molecule has 152 valence electrons. The molecule has 0 aliphatic carbocycles. The molecular formula is C23H50N2. The van der Waals surface area contributed by atoms with Crippen LogP contribution >= 0.6 is 0 Å². The average Bonchev–Trinajstić information content (AvgIpc) is 2.63. The molecule has 0 aromatic rings. The summed E-state index contributed by atoms with van der Waals surface area (Å²) in [6, 6.07) is 0. The van der Waals surface area contributed by atoms with Crippen molar-refractivity contribution in [2.24, 2.45) is 0 Å². The van der Waals surface area contributed by atoms with Crippen LogP contribution in [0.2, 0.25) is 0 Å². The molecule has 1 atom stereocenters. The normalized spacial score (nSPS) is 12.6. The molecule has 25 heavy (non-hydrogen) atoms. The Kier molecular flexibility index (Phi) is 21.9. The van der Waals surface area contributed by atoms with Gasteiger partial charge < -0.3 is 10.6 Å². The van der Waals surface area contributed by atoms with Gasteiger partial charge in [-0.25, -0.2) is 0 Å². The van der Waals surface area contributed by atoms with Crippen LogP contribution in [0.5, 0.6) is 0 Å². The molecule has 0 radical (unpaired) electrons. The van der Waals surface area contributed by atoms with Crippen LogP contribution in [0.3, 0.4) is 0 Å². The van der Waals surface area contributed by atoms with Gasteiger partial charge in [-0.05, 0) is 25.9 Å².